The summed E-state index contributed by atoms with van der Waals surface area (Å²) in [5.74, 6) is -0.821. The molecule has 1 amide bonds. The van der Waals surface area contributed by atoms with Crippen molar-refractivity contribution in [2.24, 2.45) is 0 Å². The summed E-state index contributed by atoms with van der Waals surface area (Å²) in [5, 5.41) is 10.3. The molecule has 2 N–H and O–H groups in total. The third kappa shape index (κ3) is 4.70. The van der Waals surface area contributed by atoms with E-state index in [1.54, 1.807) is 12.1 Å². The van der Waals surface area contributed by atoms with E-state index in [0.717, 1.165) is 0 Å². The van der Waals surface area contributed by atoms with E-state index < -0.39 is 22.0 Å². The molecular weight excluding hydrogens is 258 g/mol. The molecule has 2 unspecified atom stereocenters. The zero-order valence-electron chi connectivity index (χ0n) is 9.92. The molecule has 6 nitrogen and oxygen atoms in total. The van der Waals surface area contributed by atoms with E-state index in [1.807, 2.05) is 0 Å². The van der Waals surface area contributed by atoms with Crippen molar-refractivity contribution in [3.63, 3.8) is 0 Å². The van der Waals surface area contributed by atoms with Crippen LogP contribution in [0.4, 0.5) is 0 Å². The van der Waals surface area contributed by atoms with Crippen LogP contribution < -0.4 is 5.32 Å². The van der Waals surface area contributed by atoms with Gasteiger partial charge in [0.05, 0.1) is 19.2 Å². The number of aliphatic carboxylic acids is 1. The Balaban J connectivity index is 2.36. The second kappa shape index (κ2) is 6.95. The van der Waals surface area contributed by atoms with Gasteiger partial charge in [-0.05, 0) is 19.1 Å². The van der Waals surface area contributed by atoms with Crippen LogP contribution in [0.1, 0.15) is 19.1 Å². The topological polar surface area (TPSA) is 96.6 Å². The number of carbonyl (C=O) groups excluding carboxylic acids is 1. The minimum absolute atomic E-state index is 0.0231. The van der Waals surface area contributed by atoms with E-state index in [2.05, 4.69) is 5.32 Å². The van der Waals surface area contributed by atoms with E-state index in [4.69, 9.17) is 9.52 Å². The van der Waals surface area contributed by atoms with E-state index in [0.29, 0.717) is 5.76 Å². The summed E-state index contributed by atoms with van der Waals surface area (Å²) < 4.78 is 16.6. The molecule has 0 saturated carbocycles. The molecule has 0 aliphatic rings. The Bertz CT molecular complexity index is 429. The largest absolute Gasteiger partial charge is 0.481 e. The van der Waals surface area contributed by atoms with Crippen LogP contribution in [-0.4, -0.2) is 32.2 Å². The fourth-order valence-electron chi connectivity index (χ4n) is 1.22. The van der Waals surface area contributed by atoms with Crippen molar-refractivity contribution < 1.29 is 23.3 Å². The number of furan rings is 1. The van der Waals surface area contributed by atoms with Gasteiger partial charge in [0, 0.05) is 16.6 Å². The first kappa shape index (κ1) is 14.4. The molecule has 0 fully saturated rings. The molecule has 1 heterocycles. The minimum atomic E-state index is -1.49. The average Bonchev–Trinajstić information content (AvgIpc) is 2.85. The van der Waals surface area contributed by atoms with Crippen molar-refractivity contribution in [1.29, 1.82) is 0 Å². The summed E-state index contributed by atoms with van der Waals surface area (Å²) in [6.07, 6.45) is 1.29. The smallest absolute Gasteiger partial charge is 0.304 e. The third-order valence-corrected chi connectivity index (χ3v) is 3.91. The van der Waals surface area contributed by atoms with E-state index >= 15 is 0 Å². The molecule has 0 aromatic carbocycles. The van der Waals surface area contributed by atoms with Crippen molar-refractivity contribution in [3.8, 4) is 0 Å². The lowest BCUT2D eigenvalue weighted by Gasteiger charge is -2.10. The Hall–Kier alpha value is -1.63. The first-order valence-corrected chi connectivity index (χ1v) is 6.78. The van der Waals surface area contributed by atoms with Gasteiger partial charge in [0.25, 0.3) is 0 Å². The zero-order chi connectivity index (χ0) is 13.5. The van der Waals surface area contributed by atoms with Crippen molar-refractivity contribution >= 4 is 22.7 Å². The second-order valence-electron chi connectivity index (χ2n) is 3.67. The summed E-state index contributed by atoms with van der Waals surface area (Å²) in [4.78, 5) is 22.0. The van der Waals surface area contributed by atoms with Crippen molar-refractivity contribution in [2.75, 3.05) is 5.75 Å². The summed E-state index contributed by atoms with van der Waals surface area (Å²) in [6.45, 7) is 1.74. The number of carbonyl (C=O) groups is 2. The zero-order valence-corrected chi connectivity index (χ0v) is 10.7. The molecule has 0 saturated heterocycles. The number of amides is 1. The fourth-order valence-corrected chi connectivity index (χ4v) is 2.27. The summed E-state index contributed by atoms with van der Waals surface area (Å²) in [5.41, 5.74) is 0. The SMILES string of the molecule is CC(C(=O)NCc1ccco1)S(=O)CCC(=O)O. The van der Waals surface area contributed by atoms with Crippen LogP contribution in [0.3, 0.4) is 0 Å². The quantitative estimate of drug-likeness (QED) is 0.754. The number of rotatable bonds is 7. The Labute approximate surface area is 107 Å². The molecule has 0 spiro atoms. The minimum Gasteiger partial charge on any atom is -0.481 e. The van der Waals surface area contributed by atoms with Gasteiger partial charge in [0.1, 0.15) is 11.0 Å². The molecule has 1 rings (SSSR count). The molecule has 1 aromatic heterocycles. The lowest BCUT2D eigenvalue weighted by atomic mass is 10.4. The number of carboxylic acid groups (broad SMARTS) is 1. The van der Waals surface area contributed by atoms with Gasteiger partial charge in [0.2, 0.25) is 5.91 Å². The van der Waals surface area contributed by atoms with E-state index in [9.17, 15) is 13.8 Å². The van der Waals surface area contributed by atoms with Crippen LogP contribution in [0, 0.1) is 0 Å². The maximum Gasteiger partial charge on any atom is 0.304 e. The van der Waals surface area contributed by atoms with E-state index in [1.165, 1.54) is 13.2 Å². The predicted octanol–water partition coefficient (Wildman–Crippen LogP) is 0.508. The van der Waals surface area contributed by atoms with Gasteiger partial charge in [-0.1, -0.05) is 0 Å². The monoisotopic (exact) mass is 273 g/mol. The first-order valence-electron chi connectivity index (χ1n) is 5.39. The standard InChI is InChI=1S/C11H15NO5S/c1-8(18(16)6-4-10(13)14)11(15)12-7-9-3-2-5-17-9/h2-3,5,8H,4,6-7H2,1H3,(H,12,15)(H,13,14). The summed E-state index contributed by atoms with van der Waals surface area (Å²) in [7, 11) is -1.49. The summed E-state index contributed by atoms with van der Waals surface area (Å²) in [6, 6.07) is 3.42. The summed E-state index contributed by atoms with van der Waals surface area (Å²) >= 11 is 0. The Morgan fingerprint density at radius 1 is 1.56 bits per heavy atom. The highest BCUT2D eigenvalue weighted by atomic mass is 32.2. The molecule has 7 heteroatoms. The molecule has 100 valence electrons. The van der Waals surface area contributed by atoms with Crippen LogP contribution in [-0.2, 0) is 26.9 Å². The van der Waals surface area contributed by atoms with Crippen LogP contribution >= 0.6 is 0 Å². The highest BCUT2D eigenvalue weighted by Gasteiger charge is 2.20. The molecule has 0 aliphatic heterocycles. The molecule has 2 atom stereocenters. The fraction of sp³-hybridized carbons (Fsp3) is 0.455. The van der Waals surface area contributed by atoms with Gasteiger partial charge in [-0.25, -0.2) is 0 Å². The van der Waals surface area contributed by atoms with Gasteiger partial charge < -0.3 is 14.8 Å². The number of hydrogen-bond acceptors (Lipinski definition) is 4. The first-order chi connectivity index (χ1) is 8.50. The lowest BCUT2D eigenvalue weighted by Crippen LogP contribution is -2.36. The van der Waals surface area contributed by atoms with Crippen molar-refractivity contribution in [3.05, 3.63) is 24.2 Å². The molecule has 0 bridgehead atoms. The second-order valence-corrected chi connectivity index (χ2v) is 5.54. The van der Waals surface area contributed by atoms with Gasteiger partial charge in [-0.3, -0.25) is 13.8 Å². The van der Waals surface area contributed by atoms with Crippen LogP contribution in [0.25, 0.3) is 0 Å². The third-order valence-electron chi connectivity index (χ3n) is 2.30. The van der Waals surface area contributed by atoms with Gasteiger partial charge in [0.15, 0.2) is 0 Å². The normalized spacial score (nSPS) is 13.8. The van der Waals surface area contributed by atoms with Crippen LogP contribution in [0.2, 0.25) is 0 Å². The van der Waals surface area contributed by atoms with Gasteiger partial charge in [-0.2, -0.15) is 0 Å². The lowest BCUT2D eigenvalue weighted by molar-refractivity contribution is -0.136. The number of carboxylic acids is 1. The molecular formula is C11H15NO5S. The van der Waals surface area contributed by atoms with Gasteiger partial charge >= 0.3 is 5.97 Å². The highest BCUT2D eigenvalue weighted by Crippen LogP contribution is 2.02. The van der Waals surface area contributed by atoms with Crippen molar-refractivity contribution in [2.45, 2.75) is 25.1 Å². The number of hydrogen-bond donors (Lipinski definition) is 2. The predicted molar refractivity (Wildman–Crippen MR) is 65.3 cm³/mol. The van der Waals surface area contributed by atoms with Crippen LogP contribution in [0.15, 0.2) is 22.8 Å². The molecule has 18 heavy (non-hydrogen) atoms. The van der Waals surface area contributed by atoms with Crippen LogP contribution in [0.5, 0.6) is 0 Å². The maximum atomic E-state index is 11.6. The molecule has 0 aliphatic carbocycles. The maximum absolute atomic E-state index is 11.6. The Morgan fingerprint density at radius 2 is 2.28 bits per heavy atom. The van der Waals surface area contributed by atoms with Gasteiger partial charge in [-0.15, -0.1) is 0 Å². The molecule has 1 aromatic rings. The van der Waals surface area contributed by atoms with E-state index in [-0.39, 0.29) is 24.6 Å². The Kier molecular flexibility index (Phi) is 5.57. The van der Waals surface area contributed by atoms with Crippen molar-refractivity contribution in [1.82, 2.24) is 5.32 Å². The Morgan fingerprint density at radius 3 is 2.83 bits per heavy atom. The highest BCUT2D eigenvalue weighted by molar-refractivity contribution is 7.86. The molecule has 0 radical (unpaired) electrons. The average molecular weight is 273 g/mol. The number of nitrogens with one attached hydrogen (secondary N) is 1.